The highest BCUT2D eigenvalue weighted by Gasteiger charge is 2.24. The minimum Gasteiger partial charge on any atom is -0.283 e. The van der Waals surface area contributed by atoms with E-state index in [-0.39, 0.29) is 16.5 Å². The van der Waals surface area contributed by atoms with Crippen molar-refractivity contribution in [3.05, 3.63) is 76.4 Å². The van der Waals surface area contributed by atoms with Gasteiger partial charge in [-0.25, -0.2) is 18.2 Å². The Morgan fingerprint density at radius 1 is 0.885 bits per heavy atom. The van der Waals surface area contributed by atoms with Gasteiger partial charge in [0.2, 0.25) is 5.78 Å². The van der Waals surface area contributed by atoms with Gasteiger partial charge in [0.05, 0.1) is 11.3 Å². The van der Waals surface area contributed by atoms with Crippen molar-refractivity contribution < 1.29 is 13.2 Å². The third kappa shape index (κ3) is 2.71. The largest absolute Gasteiger partial charge is 0.283 e. The molecule has 0 aliphatic rings. The van der Waals surface area contributed by atoms with E-state index in [1.807, 2.05) is 0 Å². The van der Waals surface area contributed by atoms with Gasteiger partial charge in [-0.05, 0) is 17.7 Å². The van der Waals surface area contributed by atoms with Crippen molar-refractivity contribution in [1.82, 2.24) is 14.4 Å². The van der Waals surface area contributed by atoms with Crippen LogP contribution in [0.3, 0.4) is 0 Å². The molecule has 0 saturated carbocycles. The summed E-state index contributed by atoms with van der Waals surface area (Å²) in [6, 6.07) is 7.81. The van der Waals surface area contributed by atoms with E-state index in [1.54, 1.807) is 34.9 Å². The molecule has 0 amide bonds. The van der Waals surface area contributed by atoms with Gasteiger partial charge < -0.3 is 0 Å². The number of nitrogens with zero attached hydrogens (tertiary/aromatic N) is 3. The predicted octanol–water partition coefficient (Wildman–Crippen LogP) is 5.79. The number of imidazole rings is 1. The summed E-state index contributed by atoms with van der Waals surface area (Å²) in [6.45, 7) is 0. The number of fused-ring (bicyclic) bond motifs is 1. The van der Waals surface area contributed by atoms with Crippen LogP contribution in [0.5, 0.6) is 0 Å². The Balaban J connectivity index is 2.15. The molecule has 4 rings (SSSR count). The third-order valence-electron chi connectivity index (χ3n) is 3.88. The fraction of sp³-hybridized carbons (Fsp3) is 0. The molecule has 0 aliphatic heterocycles. The van der Waals surface area contributed by atoms with Crippen molar-refractivity contribution in [2.24, 2.45) is 0 Å². The van der Waals surface area contributed by atoms with Crippen LogP contribution in [0.2, 0.25) is 10.2 Å². The van der Waals surface area contributed by atoms with Gasteiger partial charge in [-0.3, -0.25) is 4.40 Å². The Morgan fingerprint density at radius 2 is 1.54 bits per heavy atom. The minimum atomic E-state index is -1.08. The monoisotopic (exact) mass is 393 g/mol. The summed E-state index contributed by atoms with van der Waals surface area (Å²) in [6.07, 6.45) is 3.07. The Hall–Kier alpha value is -2.57. The van der Waals surface area contributed by atoms with E-state index >= 15 is 0 Å². The summed E-state index contributed by atoms with van der Waals surface area (Å²) in [5.41, 5.74) is 0.470. The summed E-state index contributed by atoms with van der Waals surface area (Å²) in [7, 11) is 0. The number of halogens is 5. The molecule has 26 heavy (non-hydrogen) atoms. The second-order valence-electron chi connectivity index (χ2n) is 5.47. The third-order valence-corrected chi connectivity index (χ3v) is 4.40. The molecule has 0 unspecified atom stereocenters. The number of rotatable bonds is 2. The second kappa shape index (κ2) is 6.30. The number of hydrogen-bond donors (Lipinski definition) is 0. The van der Waals surface area contributed by atoms with E-state index in [4.69, 9.17) is 23.2 Å². The number of hydrogen-bond acceptors (Lipinski definition) is 2. The maximum absolute atomic E-state index is 14.5. The molecule has 0 saturated heterocycles. The van der Waals surface area contributed by atoms with E-state index in [9.17, 15) is 13.2 Å². The first-order valence-corrected chi connectivity index (χ1v) is 8.14. The van der Waals surface area contributed by atoms with Crippen molar-refractivity contribution >= 4 is 29.0 Å². The van der Waals surface area contributed by atoms with Gasteiger partial charge >= 0.3 is 0 Å². The van der Waals surface area contributed by atoms with Crippen molar-refractivity contribution in [2.45, 2.75) is 0 Å². The fourth-order valence-corrected chi connectivity index (χ4v) is 3.19. The van der Waals surface area contributed by atoms with Crippen molar-refractivity contribution in [3.8, 4) is 22.4 Å². The molecular weight excluding hydrogens is 386 g/mol. The fourth-order valence-electron chi connectivity index (χ4n) is 2.81. The summed E-state index contributed by atoms with van der Waals surface area (Å²) < 4.78 is 43.8. The van der Waals surface area contributed by atoms with Gasteiger partial charge in [-0.1, -0.05) is 35.3 Å². The van der Waals surface area contributed by atoms with Gasteiger partial charge in [0.1, 0.15) is 22.6 Å². The van der Waals surface area contributed by atoms with Crippen molar-refractivity contribution in [2.75, 3.05) is 0 Å². The summed E-state index contributed by atoms with van der Waals surface area (Å²) in [4.78, 5) is 8.16. The first-order chi connectivity index (χ1) is 12.5. The van der Waals surface area contributed by atoms with Crippen LogP contribution in [0.1, 0.15) is 0 Å². The normalized spacial score (nSPS) is 11.3. The molecular formula is C18H8Cl2F3N3. The first-order valence-electron chi connectivity index (χ1n) is 7.39. The number of aromatic nitrogens is 3. The molecule has 0 radical (unpaired) electrons. The van der Waals surface area contributed by atoms with Crippen LogP contribution in [-0.4, -0.2) is 14.4 Å². The highest BCUT2D eigenvalue weighted by atomic mass is 35.5. The highest BCUT2D eigenvalue weighted by Crippen LogP contribution is 2.40. The Morgan fingerprint density at radius 3 is 2.19 bits per heavy atom. The van der Waals surface area contributed by atoms with Crippen LogP contribution < -0.4 is 0 Å². The van der Waals surface area contributed by atoms with E-state index in [2.05, 4.69) is 9.97 Å². The van der Waals surface area contributed by atoms with Crippen LogP contribution in [0.15, 0.2) is 48.8 Å². The molecule has 4 aromatic rings. The molecule has 3 nitrogen and oxygen atoms in total. The van der Waals surface area contributed by atoms with Crippen LogP contribution in [0.25, 0.3) is 28.2 Å². The molecule has 0 fully saturated rings. The second-order valence-corrected chi connectivity index (χ2v) is 6.27. The topological polar surface area (TPSA) is 30.2 Å². The van der Waals surface area contributed by atoms with Gasteiger partial charge in [-0.15, -0.1) is 0 Å². The maximum Gasteiger partial charge on any atom is 0.235 e. The van der Waals surface area contributed by atoms with E-state index < -0.39 is 23.0 Å². The van der Waals surface area contributed by atoms with Gasteiger partial charge in [0.15, 0.2) is 0 Å². The average molecular weight is 394 g/mol. The predicted molar refractivity (Wildman–Crippen MR) is 93.8 cm³/mol. The number of benzene rings is 2. The first kappa shape index (κ1) is 16.9. The summed E-state index contributed by atoms with van der Waals surface area (Å²) in [5.74, 6) is -2.93. The summed E-state index contributed by atoms with van der Waals surface area (Å²) >= 11 is 12.2. The van der Waals surface area contributed by atoms with Gasteiger partial charge in [0.25, 0.3) is 0 Å². The van der Waals surface area contributed by atoms with Crippen LogP contribution >= 0.6 is 23.2 Å². The molecule has 130 valence electrons. The van der Waals surface area contributed by atoms with E-state index in [0.717, 1.165) is 0 Å². The molecule has 0 atom stereocenters. The summed E-state index contributed by atoms with van der Waals surface area (Å²) in [5, 5.41) is 0.342. The Kier molecular flexibility index (Phi) is 4.09. The molecule has 0 aliphatic carbocycles. The quantitative estimate of drug-likeness (QED) is 0.403. The molecule has 2 aromatic heterocycles. The zero-order chi connectivity index (χ0) is 18.4. The smallest absolute Gasteiger partial charge is 0.235 e. The highest BCUT2D eigenvalue weighted by molar-refractivity contribution is 6.33. The van der Waals surface area contributed by atoms with Crippen LogP contribution in [0.4, 0.5) is 13.2 Å². The van der Waals surface area contributed by atoms with Crippen LogP contribution in [0, 0.1) is 17.5 Å². The zero-order valence-electron chi connectivity index (χ0n) is 12.9. The van der Waals surface area contributed by atoms with Gasteiger partial charge in [0, 0.05) is 35.1 Å². The van der Waals surface area contributed by atoms with Crippen molar-refractivity contribution in [1.29, 1.82) is 0 Å². The van der Waals surface area contributed by atoms with E-state index in [0.29, 0.717) is 28.4 Å². The lowest BCUT2D eigenvalue weighted by Crippen LogP contribution is -2.02. The standard InChI is InChI=1S/C18H8Cl2F3N3/c19-10-3-1-9(2-4-10)16-15(14-12(22)7-11(21)8-13(14)23)17(20)25-18-24-5-6-26(16)18/h1-8H. The SMILES string of the molecule is Fc1cc(F)c(-c2c(Cl)nc3nccn3c2-c2ccc(Cl)cc2)c(F)c1. The molecule has 0 spiro atoms. The molecule has 2 heterocycles. The average Bonchev–Trinajstić information content (AvgIpc) is 3.03. The lowest BCUT2D eigenvalue weighted by atomic mass is 9.99. The lowest BCUT2D eigenvalue weighted by Gasteiger charge is -2.15. The molecule has 2 aromatic carbocycles. The van der Waals surface area contributed by atoms with Gasteiger partial charge in [-0.2, -0.15) is 4.98 Å². The Labute approximate surface area is 155 Å². The zero-order valence-corrected chi connectivity index (χ0v) is 14.4. The molecule has 0 bridgehead atoms. The molecule has 0 N–H and O–H groups in total. The maximum atomic E-state index is 14.5. The van der Waals surface area contributed by atoms with Crippen LogP contribution in [-0.2, 0) is 0 Å². The van der Waals surface area contributed by atoms with Crippen molar-refractivity contribution in [3.63, 3.8) is 0 Å². The Bertz CT molecular complexity index is 1120. The molecule has 8 heteroatoms. The lowest BCUT2D eigenvalue weighted by molar-refractivity contribution is 0.548. The van der Waals surface area contributed by atoms with E-state index in [1.165, 1.54) is 6.20 Å². The minimum absolute atomic E-state index is 0.00510.